The number of nitrogens with zero attached hydrogens (tertiary/aromatic N) is 2. The first-order chi connectivity index (χ1) is 9.13. The van der Waals surface area contributed by atoms with Crippen molar-refractivity contribution in [1.29, 1.82) is 0 Å². The quantitative estimate of drug-likeness (QED) is 0.742. The van der Waals surface area contributed by atoms with Crippen LogP contribution in [-0.2, 0) is 7.05 Å². The summed E-state index contributed by atoms with van der Waals surface area (Å²) in [5.41, 5.74) is 1.56. The largest absolute Gasteiger partial charge is 0.412 e. The maximum absolute atomic E-state index is 12.3. The second-order valence-electron chi connectivity index (χ2n) is 4.40. The predicted octanol–water partition coefficient (Wildman–Crippen LogP) is -0.361. The first-order valence-electron chi connectivity index (χ1n) is 6.10. The van der Waals surface area contributed by atoms with Gasteiger partial charge in [-0.15, -0.1) is 0 Å². The van der Waals surface area contributed by atoms with Gasteiger partial charge in [0.1, 0.15) is 11.5 Å². The summed E-state index contributed by atoms with van der Waals surface area (Å²) in [5.74, 6) is 0.452. The molecular weight excluding hydrogens is 276 g/mol. The molecule has 8 heteroatoms. The minimum atomic E-state index is -0.424. The molecule has 0 saturated carbocycles. The molecule has 0 saturated heterocycles. The third kappa shape index (κ3) is 2.30. The van der Waals surface area contributed by atoms with Crippen molar-refractivity contribution in [2.24, 2.45) is 7.05 Å². The zero-order valence-corrected chi connectivity index (χ0v) is 11.7. The van der Waals surface area contributed by atoms with E-state index in [4.69, 9.17) is 0 Å². The Morgan fingerprint density at radius 3 is 2.48 bits per heavy atom. The second kappa shape index (κ2) is 5.81. The van der Waals surface area contributed by atoms with Gasteiger partial charge in [0.2, 0.25) is 0 Å². The molecule has 0 bridgehead atoms. The topological polar surface area (TPSA) is 133 Å². The highest BCUT2D eigenvalue weighted by molar-refractivity contribution is 5.89. The van der Waals surface area contributed by atoms with Gasteiger partial charge >= 0.3 is 5.69 Å². The maximum Gasteiger partial charge on any atom is 0.329 e. The van der Waals surface area contributed by atoms with E-state index in [2.05, 4.69) is 10.3 Å². The molecule has 2 aromatic rings. The molecule has 1 aliphatic rings. The summed E-state index contributed by atoms with van der Waals surface area (Å²) in [7, 11) is 1.47. The Kier molecular flexibility index (Phi) is 4.56. The van der Waals surface area contributed by atoms with Gasteiger partial charge in [-0.1, -0.05) is 12.1 Å². The van der Waals surface area contributed by atoms with Crippen LogP contribution in [0.4, 0.5) is 22.9 Å². The van der Waals surface area contributed by atoms with Gasteiger partial charge in [0.05, 0.1) is 11.4 Å². The third-order valence-corrected chi connectivity index (χ3v) is 3.32. The average Bonchev–Trinajstić information content (AvgIpc) is 2.42. The fourth-order valence-corrected chi connectivity index (χ4v) is 2.35. The number of nitrogens with one attached hydrogen (secondary N) is 2. The summed E-state index contributed by atoms with van der Waals surface area (Å²) in [6, 6.07) is 7.68. The summed E-state index contributed by atoms with van der Waals surface area (Å²) in [6.45, 7) is 2.61. The molecule has 1 aliphatic heterocycles. The minimum absolute atomic E-state index is 0. The van der Waals surface area contributed by atoms with Crippen LogP contribution in [0.15, 0.2) is 33.9 Å². The highest BCUT2D eigenvalue weighted by Crippen LogP contribution is 2.39. The number of para-hydroxylation sites is 2. The molecule has 114 valence electrons. The zero-order chi connectivity index (χ0) is 13.6. The van der Waals surface area contributed by atoms with Crippen molar-refractivity contribution in [3.05, 3.63) is 45.1 Å². The number of hydrogen-bond acceptors (Lipinski definition) is 4. The molecule has 2 heterocycles. The summed E-state index contributed by atoms with van der Waals surface area (Å²) in [6.07, 6.45) is 0. The molecule has 0 aliphatic carbocycles. The van der Waals surface area contributed by atoms with Gasteiger partial charge in [-0.3, -0.25) is 14.3 Å². The maximum atomic E-state index is 12.3. The van der Waals surface area contributed by atoms with E-state index in [1.54, 1.807) is 0 Å². The average molecular weight is 294 g/mol. The number of aromatic amines is 1. The molecule has 6 N–H and O–H groups in total. The number of benzene rings is 1. The van der Waals surface area contributed by atoms with Gasteiger partial charge in [-0.25, -0.2) is 4.79 Å². The van der Waals surface area contributed by atoms with E-state index in [-0.39, 0.29) is 16.5 Å². The molecule has 0 radical (unpaired) electrons. The number of anilines is 4. The molecule has 1 aromatic carbocycles. The normalized spacial score (nSPS) is 11.4. The molecule has 0 spiro atoms. The first kappa shape index (κ1) is 16.5. The molecule has 0 unspecified atom stereocenters. The standard InChI is InChI=1S/C13H14N4O2.2H2O/c1-3-17-9-7-5-4-6-8(9)14-11-10(17)12(18)16(2)13(19)15-11;;/h4-7,14H,3H2,1-2H3,(H,15,19);2*1H2. The predicted molar refractivity (Wildman–Crippen MR) is 81.9 cm³/mol. The lowest BCUT2D eigenvalue weighted by Crippen LogP contribution is -2.39. The smallest absolute Gasteiger partial charge is 0.329 e. The van der Waals surface area contributed by atoms with Crippen LogP contribution in [0.3, 0.4) is 0 Å². The molecular formula is C13H18N4O4. The molecule has 8 nitrogen and oxygen atoms in total. The van der Waals surface area contributed by atoms with Gasteiger partial charge in [-0.2, -0.15) is 0 Å². The van der Waals surface area contributed by atoms with E-state index in [1.807, 2.05) is 36.1 Å². The summed E-state index contributed by atoms with van der Waals surface area (Å²) in [5, 5.41) is 3.10. The van der Waals surface area contributed by atoms with Gasteiger partial charge in [-0.05, 0) is 19.1 Å². The van der Waals surface area contributed by atoms with Crippen molar-refractivity contribution in [2.75, 3.05) is 16.8 Å². The zero-order valence-electron chi connectivity index (χ0n) is 11.7. The number of H-pyrrole nitrogens is 1. The monoisotopic (exact) mass is 294 g/mol. The van der Waals surface area contributed by atoms with Gasteiger partial charge in [0, 0.05) is 13.6 Å². The summed E-state index contributed by atoms with van der Waals surface area (Å²) < 4.78 is 1.08. The molecule has 0 atom stereocenters. The van der Waals surface area contributed by atoms with Crippen LogP contribution >= 0.6 is 0 Å². The van der Waals surface area contributed by atoms with E-state index < -0.39 is 5.69 Å². The van der Waals surface area contributed by atoms with Crippen LogP contribution in [0.25, 0.3) is 0 Å². The van der Waals surface area contributed by atoms with Gasteiger partial charge in [0.15, 0.2) is 0 Å². The van der Waals surface area contributed by atoms with Crippen molar-refractivity contribution in [3.63, 3.8) is 0 Å². The fraction of sp³-hybridized carbons (Fsp3) is 0.231. The summed E-state index contributed by atoms with van der Waals surface area (Å²) >= 11 is 0. The van der Waals surface area contributed by atoms with Gasteiger partial charge in [0.25, 0.3) is 5.56 Å². The van der Waals surface area contributed by atoms with E-state index in [9.17, 15) is 9.59 Å². The third-order valence-electron chi connectivity index (χ3n) is 3.32. The Balaban J connectivity index is 0.00000110. The van der Waals surface area contributed by atoms with Crippen LogP contribution in [0.5, 0.6) is 0 Å². The first-order valence-corrected chi connectivity index (χ1v) is 6.10. The van der Waals surface area contributed by atoms with E-state index >= 15 is 0 Å². The Hall–Kier alpha value is -2.58. The number of fused-ring (bicyclic) bond motifs is 2. The Morgan fingerprint density at radius 1 is 1.14 bits per heavy atom. The van der Waals surface area contributed by atoms with Crippen LogP contribution < -0.4 is 21.5 Å². The molecule has 21 heavy (non-hydrogen) atoms. The van der Waals surface area contributed by atoms with Crippen molar-refractivity contribution >= 4 is 22.9 Å². The summed E-state index contributed by atoms with van der Waals surface area (Å²) in [4.78, 5) is 28.5. The second-order valence-corrected chi connectivity index (χ2v) is 4.40. The fourth-order valence-electron chi connectivity index (χ4n) is 2.35. The van der Waals surface area contributed by atoms with Crippen LogP contribution in [0.1, 0.15) is 6.92 Å². The van der Waals surface area contributed by atoms with E-state index in [1.165, 1.54) is 7.05 Å². The number of rotatable bonds is 1. The highest BCUT2D eigenvalue weighted by Gasteiger charge is 2.25. The van der Waals surface area contributed by atoms with Crippen molar-refractivity contribution in [2.45, 2.75) is 6.92 Å². The highest BCUT2D eigenvalue weighted by atomic mass is 16.2. The van der Waals surface area contributed by atoms with Crippen LogP contribution in [0, 0.1) is 0 Å². The van der Waals surface area contributed by atoms with Crippen LogP contribution in [0.2, 0.25) is 0 Å². The van der Waals surface area contributed by atoms with E-state index in [0.717, 1.165) is 15.9 Å². The molecule has 0 fully saturated rings. The van der Waals surface area contributed by atoms with Crippen LogP contribution in [-0.4, -0.2) is 27.0 Å². The number of hydrogen-bond donors (Lipinski definition) is 2. The lowest BCUT2D eigenvalue weighted by atomic mass is 10.2. The molecule has 3 rings (SSSR count). The van der Waals surface area contributed by atoms with Crippen molar-refractivity contribution in [3.8, 4) is 0 Å². The lowest BCUT2D eigenvalue weighted by molar-refractivity contribution is 0.769. The molecule has 1 aromatic heterocycles. The van der Waals surface area contributed by atoms with Crippen molar-refractivity contribution < 1.29 is 11.0 Å². The Labute approximate surface area is 120 Å². The SMILES string of the molecule is CCN1c2ccccc2Nc2[nH]c(=O)n(C)c(=O)c21.O.O. The van der Waals surface area contributed by atoms with Gasteiger partial charge < -0.3 is 21.2 Å². The minimum Gasteiger partial charge on any atom is -0.412 e. The van der Waals surface area contributed by atoms with Crippen molar-refractivity contribution in [1.82, 2.24) is 9.55 Å². The Morgan fingerprint density at radius 2 is 1.81 bits per heavy atom. The number of aromatic nitrogens is 2. The Bertz CT molecular complexity index is 765. The van der Waals surface area contributed by atoms with E-state index in [0.29, 0.717) is 18.1 Å². The lowest BCUT2D eigenvalue weighted by Gasteiger charge is -2.31. The molecule has 0 amide bonds.